The number of nitroso groups, excluding NO2 is 1. The molecule has 0 fully saturated rings. The molecule has 44 valence electrons. The van der Waals surface area contributed by atoms with E-state index in [0.29, 0.717) is 5.92 Å². The van der Waals surface area contributed by atoms with Gasteiger partial charge in [0.2, 0.25) is 0 Å². The Balaban J connectivity index is 2.71. The first kappa shape index (κ1) is 5.48. The summed E-state index contributed by atoms with van der Waals surface area (Å²) in [6.07, 6.45) is 0.884. The fourth-order valence-electron chi connectivity index (χ4n) is 0.867. The molecule has 2 nitrogen and oxygen atoms in total. The van der Waals surface area contributed by atoms with Crippen LogP contribution in [-0.2, 0) is 0 Å². The second kappa shape index (κ2) is 1.69. The maximum absolute atomic E-state index is 9.84. The van der Waals surface area contributed by atoms with Crippen molar-refractivity contribution in [3.8, 4) is 0 Å². The van der Waals surface area contributed by atoms with E-state index in [1.54, 1.807) is 0 Å². The Labute approximate surface area is 48.6 Å². The minimum atomic E-state index is 0.600. The van der Waals surface area contributed by atoms with Crippen molar-refractivity contribution in [1.82, 2.24) is 0 Å². The van der Waals surface area contributed by atoms with Crippen LogP contribution in [0.5, 0.6) is 0 Å². The van der Waals surface area contributed by atoms with Gasteiger partial charge in [-0.2, -0.15) is 0 Å². The van der Waals surface area contributed by atoms with Gasteiger partial charge >= 0.3 is 0 Å². The summed E-state index contributed by atoms with van der Waals surface area (Å²) in [4.78, 5) is 9.84. The summed E-state index contributed by atoms with van der Waals surface area (Å²) in [5, 5.41) is 2.85. The van der Waals surface area contributed by atoms with Crippen molar-refractivity contribution in [2.24, 2.45) is 11.1 Å². The van der Waals surface area contributed by atoms with E-state index in [2.05, 4.69) is 12.1 Å². The van der Waals surface area contributed by atoms with E-state index in [1.807, 2.05) is 6.92 Å². The molecule has 0 saturated carbocycles. The highest BCUT2D eigenvalue weighted by atomic mass is 16.3. The van der Waals surface area contributed by atoms with Crippen LogP contribution in [0.15, 0.2) is 16.4 Å². The van der Waals surface area contributed by atoms with Gasteiger partial charge < -0.3 is 0 Å². The van der Waals surface area contributed by atoms with Crippen LogP contribution in [0.2, 0.25) is 0 Å². The van der Waals surface area contributed by atoms with Crippen LogP contribution in [0.1, 0.15) is 20.3 Å². The summed E-state index contributed by atoms with van der Waals surface area (Å²) in [5.74, 6) is 0.600. The molecule has 2 heteroatoms. The lowest BCUT2D eigenvalue weighted by molar-refractivity contribution is 0.576. The summed E-state index contributed by atoms with van der Waals surface area (Å²) in [7, 11) is 0. The number of rotatable bonds is 1. The molecular formula is C6H9NO. The van der Waals surface area contributed by atoms with E-state index in [9.17, 15) is 4.91 Å². The number of hydrogen-bond acceptors (Lipinski definition) is 2. The molecule has 1 rings (SSSR count). The third kappa shape index (κ3) is 0.565. The molecule has 0 aromatic carbocycles. The minimum Gasteiger partial charge on any atom is -0.145 e. The summed E-state index contributed by atoms with van der Waals surface area (Å²) in [6, 6.07) is 0. The monoisotopic (exact) mass is 111 g/mol. The highest BCUT2D eigenvalue weighted by Crippen LogP contribution is 2.33. The van der Waals surface area contributed by atoms with Crippen LogP contribution in [0.3, 0.4) is 0 Å². The molecule has 0 N–H and O–H groups in total. The van der Waals surface area contributed by atoms with Gasteiger partial charge in [0.1, 0.15) is 0 Å². The second-order valence-electron chi connectivity index (χ2n) is 2.33. The zero-order valence-electron chi connectivity index (χ0n) is 5.14. The molecule has 0 saturated heterocycles. The molecule has 0 aliphatic heterocycles. The summed E-state index contributed by atoms with van der Waals surface area (Å²) in [6.45, 7) is 4.06. The molecule has 0 spiro atoms. The summed E-state index contributed by atoms with van der Waals surface area (Å²) >= 11 is 0. The Hall–Kier alpha value is -0.660. The van der Waals surface area contributed by atoms with E-state index < -0.39 is 0 Å². The van der Waals surface area contributed by atoms with Gasteiger partial charge in [-0.25, -0.2) is 0 Å². The smallest absolute Gasteiger partial charge is 0.0846 e. The first-order chi connectivity index (χ1) is 3.75. The Morgan fingerprint density at radius 2 is 2.38 bits per heavy atom. The summed E-state index contributed by atoms with van der Waals surface area (Å²) in [5.41, 5.74) is 1.93. The van der Waals surface area contributed by atoms with E-state index in [1.165, 1.54) is 5.57 Å². The van der Waals surface area contributed by atoms with Crippen molar-refractivity contribution in [1.29, 1.82) is 0 Å². The van der Waals surface area contributed by atoms with Crippen molar-refractivity contribution in [2.45, 2.75) is 20.3 Å². The highest BCUT2D eigenvalue weighted by molar-refractivity contribution is 5.24. The highest BCUT2D eigenvalue weighted by Gasteiger charge is 2.21. The fourth-order valence-corrected chi connectivity index (χ4v) is 0.867. The average molecular weight is 111 g/mol. The number of allylic oxidation sites excluding steroid dienone is 2. The van der Waals surface area contributed by atoms with Crippen molar-refractivity contribution in [3.63, 3.8) is 0 Å². The van der Waals surface area contributed by atoms with E-state index in [-0.39, 0.29) is 0 Å². The van der Waals surface area contributed by atoms with Gasteiger partial charge in [0.15, 0.2) is 0 Å². The summed E-state index contributed by atoms with van der Waals surface area (Å²) < 4.78 is 0. The number of hydrogen-bond donors (Lipinski definition) is 0. The molecule has 0 amide bonds. The molecule has 1 aliphatic carbocycles. The lowest BCUT2D eigenvalue weighted by Gasteiger charge is -2.22. The van der Waals surface area contributed by atoms with E-state index in [4.69, 9.17) is 0 Å². The van der Waals surface area contributed by atoms with Crippen LogP contribution in [0.4, 0.5) is 0 Å². The molecule has 1 unspecified atom stereocenters. The molecule has 1 aliphatic rings. The third-order valence-electron chi connectivity index (χ3n) is 1.80. The Morgan fingerprint density at radius 3 is 2.50 bits per heavy atom. The standard InChI is InChI=1S/C6H9NO/c1-4-3-6(7-8)5(4)2/h4H,3H2,1-2H3. The first-order valence-corrected chi connectivity index (χ1v) is 2.78. The lowest BCUT2D eigenvalue weighted by Crippen LogP contribution is -2.10. The fraction of sp³-hybridized carbons (Fsp3) is 0.667. The van der Waals surface area contributed by atoms with E-state index in [0.717, 1.165) is 12.1 Å². The van der Waals surface area contributed by atoms with Crippen LogP contribution >= 0.6 is 0 Å². The quantitative estimate of drug-likeness (QED) is 0.476. The first-order valence-electron chi connectivity index (χ1n) is 2.78. The third-order valence-corrected chi connectivity index (χ3v) is 1.80. The van der Waals surface area contributed by atoms with Crippen molar-refractivity contribution in [2.75, 3.05) is 0 Å². The molecule has 0 aromatic heterocycles. The van der Waals surface area contributed by atoms with Gasteiger partial charge in [0.05, 0.1) is 5.70 Å². The van der Waals surface area contributed by atoms with Gasteiger partial charge in [-0.15, -0.1) is 4.91 Å². The second-order valence-corrected chi connectivity index (χ2v) is 2.33. The van der Waals surface area contributed by atoms with E-state index >= 15 is 0 Å². The largest absolute Gasteiger partial charge is 0.145 e. The average Bonchev–Trinajstić information content (AvgIpc) is 1.81. The van der Waals surface area contributed by atoms with Gasteiger partial charge in [0, 0.05) is 0 Å². The Kier molecular flexibility index (Phi) is 1.16. The molecule has 8 heavy (non-hydrogen) atoms. The van der Waals surface area contributed by atoms with Crippen molar-refractivity contribution < 1.29 is 0 Å². The van der Waals surface area contributed by atoms with Crippen LogP contribution in [0.25, 0.3) is 0 Å². The zero-order chi connectivity index (χ0) is 6.15. The van der Waals surface area contributed by atoms with Crippen LogP contribution < -0.4 is 0 Å². The van der Waals surface area contributed by atoms with Gasteiger partial charge in [-0.3, -0.25) is 0 Å². The minimum absolute atomic E-state index is 0.600. The molecule has 0 aromatic rings. The molecule has 0 heterocycles. The topological polar surface area (TPSA) is 29.4 Å². The van der Waals surface area contributed by atoms with Gasteiger partial charge in [-0.05, 0) is 30.0 Å². The Bertz CT molecular complexity index is 149. The van der Waals surface area contributed by atoms with Crippen molar-refractivity contribution >= 4 is 0 Å². The molecule has 1 atom stereocenters. The lowest BCUT2D eigenvalue weighted by atomic mass is 9.85. The molecule has 0 radical (unpaired) electrons. The SMILES string of the molecule is CC1=C(N=O)CC1C. The Morgan fingerprint density at radius 1 is 1.75 bits per heavy atom. The van der Waals surface area contributed by atoms with Crippen LogP contribution in [0, 0.1) is 10.8 Å². The van der Waals surface area contributed by atoms with Crippen LogP contribution in [-0.4, -0.2) is 0 Å². The maximum Gasteiger partial charge on any atom is 0.0846 e. The molecular weight excluding hydrogens is 102 g/mol. The number of nitrogens with zero attached hydrogens (tertiary/aromatic N) is 1. The zero-order valence-corrected chi connectivity index (χ0v) is 5.14. The normalized spacial score (nSPS) is 27.5. The maximum atomic E-state index is 9.84. The van der Waals surface area contributed by atoms with Gasteiger partial charge in [0.25, 0.3) is 0 Å². The van der Waals surface area contributed by atoms with Crippen molar-refractivity contribution in [3.05, 3.63) is 16.2 Å². The predicted molar refractivity (Wildman–Crippen MR) is 32.3 cm³/mol. The molecule has 0 bridgehead atoms. The predicted octanol–water partition coefficient (Wildman–Crippen LogP) is 2.07. The van der Waals surface area contributed by atoms with Gasteiger partial charge in [-0.1, -0.05) is 6.92 Å².